The third-order valence-corrected chi connectivity index (χ3v) is 6.02. The second kappa shape index (κ2) is 9.97. The molecule has 1 aliphatic carbocycles. The lowest BCUT2D eigenvalue weighted by Gasteiger charge is -2.18. The van der Waals surface area contributed by atoms with E-state index in [4.69, 9.17) is 4.74 Å². The molecule has 0 aromatic heterocycles. The Morgan fingerprint density at radius 3 is 2.14 bits per heavy atom. The summed E-state index contributed by atoms with van der Waals surface area (Å²) in [6, 6.07) is 18.2. The number of anilines is 1. The minimum absolute atomic E-state index is 0.100. The van der Waals surface area contributed by atoms with Gasteiger partial charge in [0, 0.05) is 11.6 Å². The molecule has 3 N–H and O–H groups in total. The van der Waals surface area contributed by atoms with Gasteiger partial charge < -0.3 is 15.2 Å². The third kappa shape index (κ3) is 5.01. The van der Waals surface area contributed by atoms with Gasteiger partial charge in [-0.05, 0) is 46.4 Å². The Hall–Kier alpha value is -4.20. The first-order valence-electron chi connectivity index (χ1n) is 11.2. The third-order valence-electron chi connectivity index (χ3n) is 6.02. The van der Waals surface area contributed by atoms with Gasteiger partial charge in [-0.25, -0.2) is 14.0 Å². The molecule has 2 amide bonds. The number of fused-ring (bicyclic) bond motifs is 3. The fourth-order valence-electron chi connectivity index (χ4n) is 4.26. The summed E-state index contributed by atoms with van der Waals surface area (Å²) in [6.07, 6.45) is -0.754. The maximum atomic E-state index is 14.3. The predicted molar refractivity (Wildman–Crippen MR) is 129 cm³/mol. The Kier molecular flexibility index (Phi) is 6.82. The van der Waals surface area contributed by atoms with E-state index in [1.54, 1.807) is 13.8 Å². The Morgan fingerprint density at radius 1 is 0.971 bits per heavy atom. The van der Waals surface area contributed by atoms with Gasteiger partial charge in [-0.15, -0.1) is 0 Å². The van der Waals surface area contributed by atoms with Crippen molar-refractivity contribution >= 4 is 23.7 Å². The number of carbonyl (C=O) groups is 3. The highest BCUT2D eigenvalue weighted by Crippen LogP contribution is 2.44. The van der Waals surface area contributed by atoms with Crippen LogP contribution in [0.3, 0.4) is 0 Å². The zero-order chi connectivity index (χ0) is 25.1. The molecule has 0 saturated carbocycles. The Morgan fingerprint density at radius 2 is 1.57 bits per heavy atom. The van der Waals surface area contributed by atoms with Gasteiger partial charge in [0.15, 0.2) is 0 Å². The summed E-state index contributed by atoms with van der Waals surface area (Å²) in [4.78, 5) is 36.4. The van der Waals surface area contributed by atoms with Crippen LogP contribution in [0.1, 0.15) is 41.3 Å². The van der Waals surface area contributed by atoms with Crippen LogP contribution in [-0.4, -0.2) is 35.7 Å². The lowest BCUT2D eigenvalue weighted by Crippen LogP contribution is -2.44. The summed E-state index contributed by atoms with van der Waals surface area (Å²) in [5.41, 5.74) is 4.11. The minimum atomic E-state index is -1.22. The molecule has 4 rings (SSSR count). The number of carbonyl (C=O) groups excluding carboxylic acids is 2. The molecule has 0 aliphatic heterocycles. The summed E-state index contributed by atoms with van der Waals surface area (Å²) in [6.45, 7) is 3.36. The number of hydrogen-bond donors (Lipinski definition) is 3. The normalized spacial score (nSPS) is 13.0. The summed E-state index contributed by atoms with van der Waals surface area (Å²) in [5.74, 6) is -3.47. The zero-order valence-corrected chi connectivity index (χ0v) is 19.2. The van der Waals surface area contributed by atoms with Crippen molar-refractivity contribution in [2.75, 3.05) is 11.9 Å². The fourth-order valence-corrected chi connectivity index (χ4v) is 4.26. The number of halogens is 1. The molecule has 0 saturated heterocycles. The maximum absolute atomic E-state index is 14.3. The molecule has 0 unspecified atom stereocenters. The van der Waals surface area contributed by atoms with E-state index < -0.39 is 35.7 Å². The number of carboxylic acid groups (broad SMARTS) is 1. The summed E-state index contributed by atoms with van der Waals surface area (Å²) in [7, 11) is 0. The molecule has 35 heavy (non-hydrogen) atoms. The topological polar surface area (TPSA) is 105 Å². The number of carboxylic acids is 1. The van der Waals surface area contributed by atoms with Crippen molar-refractivity contribution in [3.63, 3.8) is 0 Å². The van der Waals surface area contributed by atoms with E-state index in [-0.39, 0.29) is 23.8 Å². The number of benzene rings is 3. The molecule has 3 aromatic carbocycles. The van der Waals surface area contributed by atoms with E-state index in [0.717, 1.165) is 34.4 Å². The van der Waals surface area contributed by atoms with Crippen molar-refractivity contribution in [3.05, 3.63) is 89.2 Å². The fraction of sp³-hybridized carbons (Fsp3) is 0.222. The molecule has 8 heteroatoms. The van der Waals surface area contributed by atoms with Gasteiger partial charge in [0.1, 0.15) is 18.5 Å². The van der Waals surface area contributed by atoms with Crippen LogP contribution in [0.2, 0.25) is 0 Å². The molecule has 0 spiro atoms. The standard InChI is InChI=1S/C27H25FN2O5/c1-15(2)24(26(32)33)30-25(31)21-13-16(11-12-23(21)28)29-27(34)35-14-22-19-9-5-3-7-17(19)18-8-4-6-10-20(18)22/h3-13,15,22,24H,14H2,1-2H3,(H,29,34)(H,30,31)(H,32,33)/t24-/m0/s1. The van der Waals surface area contributed by atoms with E-state index in [1.165, 1.54) is 6.07 Å². The van der Waals surface area contributed by atoms with Gasteiger partial charge in [0.25, 0.3) is 5.91 Å². The lowest BCUT2D eigenvalue weighted by molar-refractivity contribution is -0.140. The predicted octanol–water partition coefficient (Wildman–Crippen LogP) is 5.03. The zero-order valence-electron chi connectivity index (χ0n) is 19.2. The lowest BCUT2D eigenvalue weighted by atomic mass is 9.98. The highest BCUT2D eigenvalue weighted by atomic mass is 19.1. The SMILES string of the molecule is CC(C)[C@H](NC(=O)c1cc(NC(=O)OCC2c3ccccc3-c3ccccc32)ccc1F)C(=O)O. The van der Waals surface area contributed by atoms with Crippen LogP contribution >= 0.6 is 0 Å². The van der Waals surface area contributed by atoms with Crippen LogP contribution in [0.5, 0.6) is 0 Å². The minimum Gasteiger partial charge on any atom is -0.480 e. The van der Waals surface area contributed by atoms with Crippen LogP contribution in [-0.2, 0) is 9.53 Å². The first kappa shape index (κ1) is 23.9. The molecule has 0 heterocycles. The van der Waals surface area contributed by atoms with Crippen LogP contribution in [0.25, 0.3) is 11.1 Å². The Balaban J connectivity index is 1.44. The maximum Gasteiger partial charge on any atom is 0.411 e. The monoisotopic (exact) mass is 476 g/mol. The summed E-state index contributed by atoms with van der Waals surface area (Å²) >= 11 is 0. The molecular weight excluding hydrogens is 451 g/mol. The van der Waals surface area contributed by atoms with E-state index in [9.17, 15) is 23.9 Å². The number of hydrogen-bond acceptors (Lipinski definition) is 4. The van der Waals surface area contributed by atoms with Gasteiger partial charge in [-0.1, -0.05) is 62.4 Å². The second-order valence-corrected chi connectivity index (χ2v) is 8.68. The van der Waals surface area contributed by atoms with E-state index in [0.29, 0.717) is 0 Å². The van der Waals surface area contributed by atoms with E-state index >= 15 is 0 Å². The van der Waals surface area contributed by atoms with Crippen molar-refractivity contribution in [1.82, 2.24) is 5.32 Å². The number of rotatable bonds is 7. The van der Waals surface area contributed by atoms with Crippen molar-refractivity contribution in [2.24, 2.45) is 5.92 Å². The molecule has 180 valence electrons. The Labute approximate surface area is 201 Å². The first-order valence-corrected chi connectivity index (χ1v) is 11.2. The molecule has 1 aliphatic rings. The van der Waals surface area contributed by atoms with Gasteiger partial charge in [0.2, 0.25) is 0 Å². The molecule has 0 fully saturated rings. The summed E-state index contributed by atoms with van der Waals surface area (Å²) < 4.78 is 19.8. The molecular formula is C27H25FN2O5. The molecule has 3 aromatic rings. The van der Waals surface area contributed by atoms with Crippen molar-refractivity contribution in [1.29, 1.82) is 0 Å². The van der Waals surface area contributed by atoms with E-state index in [2.05, 4.69) is 10.6 Å². The van der Waals surface area contributed by atoms with Crippen molar-refractivity contribution in [3.8, 4) is 11.1 Å². The average Bonchev–Trinajstić information content (AvgIpc) is 3.15. The quantitative estimate of drug-likeness (QED) is 0.444. The number of aliphatic carboxylic acids is 1. The van der Waals surface area contributed by atoms with Crippen molar-refractivity contribution < 1.29 is 28.6 Å². The molecule has 0 radical (unpaired) electrons. The van der Waals surface area contributed by atoms with Gasteiger partial charge in [-0.2, -0.15) is 0 Å². The molecule has 7 nitrogen and oxygen atoms in total. The smallest absolute Gasteiger partial charge is 0.411 e. The second-order valence-electron chi connectivity index (χ2n) is 8.68. The van der Waals surface area contributed by atoms with Crippen LogP contribution in [0, 0.1) is 11.7 Å². The molecule has 1 atom stereocenters. The van der Waals surface area contributed by atoms with Crippen LogP contribution < -0.4 is 10.6 Å². The van der Waals surface area contributed by atoms with Gasteiger partial charge >= 0.3 is 12.1 Å². The summed E-state index contributed by atoms with van der Waals surface area (Å²) in [5, 5.41) is 14.1. The highest BCUT2D eigenvalue weighted by Gasteiger charge is 2.29. The largest absolute Gasteiger partial charge is 0.480 e. The number of ether oxygens (including phenoxy) is 1. The first-order chi connectivity index (χ1) is 16.8. The molecule has 0 bridgehead atoms. The van der Waals surface area contributed by atoms with Crippen molar-refractivity contribution in [2.45, 2.75) is 25.8 Å². The van der Waals surface area contributed by atoms with Gasteiger partial charge in [0.05, 0.1) is 5.56 Å². The van der Waals surface area contributed by atoms with Crippen LogP contribution in [0.4, 0.5) is 14.9 Å². The van der Waals surface area contributed by atoms with E-state index in [1.807, 2.05) is 48.5 Å². The average molecular weight is 477 g/mol. The highest BCUT2D eigenvalue weighted by molar-refractivity contribution is 5.98. The van der Waals surface area contributed by atoms with Gasteiger partial charge in [-0.3, -0.25) is 10.1 Å². The van der Waals surface area contributed by atoms with Crippen LogP contribution in [0.15, 0.2) is 66.7 Å². The Bertz CT molecular complexity index is 1240. The number of amides is 2. The number of nitrogens with one attached hydrogen (secondary N) is 2.